The van der Waals surface area contributed by atoms with Crippen LogP contribution in [-0.2, 0) is 5.54 Å². The van der Waals surface area contributed by atoms with E-state index in [0.717, 1.165) is 10.1 Å². The van der Waals surface area contributed by atoms with Gasteiger partial charge in [0, 0.05) is 35.4 Å². The number of benzene rings is 2. The fourth-order valence-corrected chi connectivity index (χ4v) is 5.58. The van der Waals surface area contributed by atoms with Gasteiger partial charge in [0.25, 0.3) is 0 Å². The molecular weight excluding hydrogens is 595 g/mol. The molecule has 1 saturated carbocycles. The Balaban J connectivity index is 1.53. The van der Waals surface area contributed by atoms with Gasteiger partial charge in [-0.3, -0.25) is 4.98 Å². The number of nitrogens with one attached hydrogen (secondary N) is 2. The maximum absolute atomic E-state index is 14.0. The largest absolute Gasteiger partial charge is 0.481 e. The van der Waals surface area contributed by atoms with Crippen molar-refractivity contribution in [1.29, 1.82) is 10.5 Å². The Labute approximate surface area is 262 Å². The van der Waals surface area contributed by atoms with Crippen molar-refractivity contribution in [3.8, 4) is 18.0 Å². The Morgan fingerprint density at radius 1 is 1.02 bits per heavy atom. The molecule has 234 valence electrons. The summed E-state index contributed by atoms with van der Waals surface area (Å²) in [5.74, 6) is 0.387. The number of pyridine rings is 2. The average molecular weight is 626 g/mol. The van der Waals surface area contributed by atoms with E-state index in [-0.39, 0.29) is 29.5 Å². The second kappa shape index (κ2) is 11.2. The van der Waals surface area contributed by atoms with Crippen molar-refractivity contribution in [2.45, 2.75) is 51.4 Å². The van der Waals surface area contributed by atoms with Gasteiger partial charge in [-0.1, -0.05) is 38.1 Å². The molecule has 1 atom stereocenters. The molecule has 3 aromatic heterocycles. The van der Waals surface area contributed by atoms with Crippen molar-refractivity contribution in [2.24, 2.45) is 5.41 Å². The van der Waals surface area contributed by atoms with E-state index in [1.54, 1.807) is 30.5 Å². The molecule has 5 aromatic rings. The molecule has 1 aliphatic rings. The Morgan fingerprint density at radius 3 is 2.43 bits per heavy atom. The van der Waals surface area contributed by atoms with Gasteiger partial charge in [-0.2, -0.15) is 23.7 Å². The molecule has 10 nitrogen and oxygen atoms in total. The van der Waals surface area contributed by atoms with Crippen LogP contribution in [0.4, 0.5) is 24.5 Å². The van der Waals surface area contributed by atoms with Crippen LogP contribution >= 0.6 is 0 Å². The number of anilines is 2. The normalized spacial score (nSPS) is 14.8. The summed E-state index contributed by atoms with van der Waals surface area (Å²) in [7, 11) is 1.51. The summed E-state index contributed by atoms with van der Waals surface area (Å²) in [6, 6.07) is 14.2. The highest BCUT2D eigenvalue weighted by molar-refractivity contribution is 5.99. The number of alkyl halides is 3. The fraction of sp³-hybridized carbons (Fsp3) is 0.333. The highest BCUT2D eigenvalue weighted by Gasteiger charge is 2.66. The second-order valence-corrected chi connectivity index (χ2v) is 12.6. The maximum Gasteiger partial charge on any atom is 0.413 e. The molecular formula is C33H30F3N9O. The molecule has 1 aliphatic carbocycles. The summed E-state index contributed by atoms with van der Waals surface area (Å²) in [6.45, 7) is 6.71. The first kappa shape index (κ1) is 30.6. The number of fused-ring (bicyclic) bond motifs is 2. The topological polar surface area (TPSA) is 137 Å². The van der Waals surface area contributed by atoms with Crippen LogP contribution in [0.2, 0.25) is 0 Å². The highest BCUT2D eigenvalue weighted by Crippen LogP contribution is 2.55. The van der Waals surface area contributed by atoms with Gasteiger partial charge in [-0.25, -0.2) is 9.67 Å². The highest BCUT2D eigenvalue weighted by atomic mass is 19.4. The molecule has 3 heterocycles. The van der Waals surface area contributed by atoms with Crippen molar-refractivity contribution in [1.82, 2.24) is 25.0 Å². The monoisotopic (exact) mass is 625 g/mol. The van der Waals surface area contributed by atoms with Gasteiger partial charge >= 0.3 is 6.18 Å². The molecule has 46 heavy (non-hydrogen) atoms. The number of ether oxygens (including phenoxy) is 1. The predicted octanol–water partition coefficient (Wildman–Crippen LogP) is 6.84. The summed E-state index contributed by atoms with van der Waals surface area (Å²) >= 11 is 0. The van der Waals surface area contributed by atoms with Crippen LogP contribution in [0, 0.1) is 28.1 Å². The molecule has 0 saturated heterocycles. The minimum Gasteiger partial charge on any atom is -0.481 e. The van der Waals surface area contributed by atoms with Crippen molar-refractivity contribution < 1.29 is 17.9 Å². The summed E-state index contributed by atoms with van der Waals surface area (Å²) in [4.78, 5) is 8.71. The number of nitriles is 2. The van der Waals surface area contributed by atoms with Crippen LogP contribution in [0.1, 0.15) is 62.0 Å². The zero-order valence-electron chi connectivity index (χ0n) is 25.6. The van der Waals surface area contributed by atoms with Crippen LogP contribution in [-0.4, -0.2) is 44.8 Å². The SMILES string of the molecule is COc1nccc2c(C(Nc3cc(C#N)c4ncc(C#N)c(NCC(C)(C)C)c4c3)c3cn(C4(C(F)(F)F)CC4)nn3)cccc12. The van der Waals surface area contributed by atoms with Crippen LogP contribution in [0.15, 0.2) is 55.0 Å². The number of rotatable bonds is 8. The number of methoxy groups -OCH3 is 1. The minimum atomic E-state index is -4.48. The predicted molar refractivity (Wildman–Crippen MR) is 166 cm³/mol. The molecule has 1 fully saturated rings. The number of nitrogens with zero attached hydrogens (tertiary/aromatic N) is 7. The van der Waals surface area contributed by atoms with Gasteiger partial charge in [-0.15, -0.1) is 5.10 Å². The lowest BCUT2D eigenvalue weighted by Gasteiger charge is -2.23. The van der Waals surface area contributed by atoms with Crippen molar-refractivity contribution >= 4 is 33.1 Å². The molecule has 0 aliphatic heterocycles. The van der Waals surface area contributed by atoms with E-state index < -0.39 is 17.8 Å². The minimum absolute atomic E-state index is 0.0801. The Kier molecular flexibility index (Phi) is 7.43. The first-order valence-corrected chi connectivity index (χ1v) is 14.6. The smallest absolute Gasteiger partial charge is 0.413 e. The first-order chi connectivity index (χ1) is 21.9. The Bertz CT molecular complexity index is 2050. The molecule has 0 amide bonds. The molecule has 13 heteroatoms. The summed E-state index contributed by atoms with van der Waals surface area (Å²) < 4.78 is 48.5. The third-order valence-electron chi connectivity index (χ3n) is 8.12. The van der Waals surface area contributed by atoms with E-state index in [0.29, 0.717) is 51.2 Å². The molecule has 6 rings (SSSR count). The van der Waals surface area contributed by atoms with E-state index in [9.17, 15) is 23.7 Å². The van der Waals surface area contributed by atoms with Gasteiger partial charge < -0.3 is 15.4 Å². The fourth-order valence-electron chi connectivity index (χ4n) is 5.58. The Morgan fingerprint density at radius 2 is 1.78 bits per heavy atom. The molecule has 2 N–H and O–H groups in total. The lowest BCUT2D eigenvalue weighted by atomic mass is 9.96. The van der Waals surface area contributed by atoms with Crippen molar-refractivity contribution in [2.75, 3.05) is 24.3 Å². The van der Waals surface area contributed by atoms with Crippen LogP contribution in [0.25, 0.3) is 21.7 Å². The van der Waals surface area contributed by atoms with Crippen LogP contribution in [0.3, 0.4) is 0 Å². The standard InChI is InChI=1S/C33H30F3N9O/c1-31(2,3)18-41-28-20(15-38)16-40-27-19(14-37)12-21(13-25(27)28)42-29(23-6-5-7-24-22(23)8-11-39-30(24)46-4)26-17-45(44-43-26)32(9-10-32)33(34,35)36/h5-8,11-13,16-17,29,42H,9-10,18H2,1-4H3,(H,40,41). The van der Waals surface area contributed by atoms with Gasteiger partial charge in [0.15, 0.2) is 5.54 Å². The molecule has 0 radical (unpaired) electrons. The van der Waals surface area contributed by atoms with Crippen molar-refractivity contribution in [3.05, 3.63) is 77.4 Å². The number of halogens is 3. The van der Waals surface area contributed by atoms with E-state index >= 15 is 0 Å². The summed E-state index contributed by atoms with van der Waals surface area (Å²) in [6.07, 6.45) is -0.289. The van der Waals surface area contributed by atoms with Gasteiger partial charge in [0.05, 0.1) is 41.7 Å². The van der Waals surface area contributed by atoms with E-state index in [4.69, 9.17) is 4.74 Å². The number of hydrogen-bond acceptors (Lipinski definition) is 9. The first-order valence-electron chi connectivity index (χ1n) is 14.6. The third-order valence-corrected chi connectivity index (χ3v) is 8.12. The zero-order valence-corrected chi connectivity index (χ0v) is 25.6. The van der Waals surface area contributed by atoms with Crippen LogP contribution in [0.5, 0.6) is 5.88 Å². The van der Waals surface area contributed by atoms with Gasteiger partial charge in [-0.05, 0) is 53.5 Å². The molecule has 1 unspecified atom stereocenters. The lowest BCUT2D eigenvalue weighted by molar-refractivity contribution is -0.182. The second-order valence-electron chi connectivity index (χ2n) is 12.6. The van der Waals surface area contributed by atoms with Gasteiger partial charge in [0.1, 0.15) is 17.8 Å². The van der Waals surface area contributed by atoms with Crippen LogP contribution < -0.4 is 15.4 Å². The summed E-state index contributed by atoms with van der Waals surface area (Å²) in [5, 5.41) is 37.0. The number of hydrogen-bond donors (Lipinski definition) is 2. The van der Waals surface area contributed by atoms with E-state index in [1.165, 1.54) is 19.5 Å². The molecule has 2 aromatic carbocycles. The molecule has 0 spiro atoms. The van der Waals surface area contributed by atoms with Gasteiger partial charge in [0.2, 0.25) is 5.88 Å². The maximum atomic E-state index is 14.0. The summed E-state index contributed by atoms with van der Waals surface area (Å²) in [5.41, 5.74) is 0.694. The van der Waals surface area contributed by atoms with E-state index in [1.807, 2.05) is 12.1 Å². The van der Waals surface area contributed by atoms with Crippen molar-refractivity contribution in [3.63, 3.8) is 0 Å². The average Bonchev–Trinajstić information content (AvgIpc) is 3.72. The quantitative estimate of drug-likeness (QED) is 0.190. The lowest BCUT2D eigenvalue weighted by Crippen LogP contribution is -2.35. The number of aromatic nitrogens is 5. The zero-order chi connectivity index (χ0) is 32.9. The van der Waals surface area contributed by atoms with E-state index in [2.05, 4.69) is 63.8 Å². The third kappa shape index (κ3) is 5.38. The molecule has 0 bridgehead atoms. The Hall–Kier alpha value is -5.43.